The number of thiazole rings is 1. The summed E-state index contributed by atoms with van der Waals surface area (Å²) in [5.74, 6) is 0.0288. The molecule has 2 N–H and O–H groups in total. The summed E-state index contributed by atoms with van der Waals surface area (Å²) in [4.78, 5) is 34.4. The van der Waals surface area contributed by atoms with E-state index >= 15 is 0 Å². The molecule has 7 nitrogen and oxygen atoms in total. The first kappa shape index (κ1) is 29.8. The Morgan fingerprint density at radius 2 is 1.81 bits per heavy atom. The first-order valence-corrected chi connectivity index (χ1v) is 15.4. The lowest BCUT2D eigenvalue weighted by molar-refractivity contribution is 0.0950. The van der Waals surface area contributed by atoms with E-state index in [2.05, 4.69) is 52.8 Å². The smallest absolute Gasteiger partial charge is 0.257 e. The highest BCUT2D eigenvalue weighted by Gasteiger charge is 2.27. The highest BCUT2D eigenvalue weighted by molar-refractivity contribution is 7.15. The standard InChI is InChI=1S/C33H35ClN4O3S/c1-3-16-38(21-22-8-5-4-6-9-22)26-13-14-28-30(19-26)42-33(36-28)37-32(40)24-11-7-10-23(17-24)20-35-31(39)25-12-15-29(41-2)27(34)18-25/h4-12,15,17-18,26H,3,13-14,16,19-21H2,1-2H3,(H,35,39)(H,36,37,40)/t26-/m0/s1. The van der Waals surface area contributed by atoms with Crippen LogP contribution in [-0.2, 0) is 25.9 Å². The molecule has 0 saturated heterocycles. The maximum atomic E-state index is 13.1. The number of amides is 2. The predicted molar refractivity (Wildman–Crippen MR) is 169 cm³/mol. The maximum absolute atomic E-state index is 13.1. The van der Waals surface area contributed by atoms with Crippen LogP contribution in [0.5, 0.6) is 5.75 Å². The van der Waals surface area contributed by atoms with Crippen molar-refractivity contribution in [1.29, 1.82) is 0 Å². The lowest BCUT2D eigenvalue weighted by Gasteiger charge is -2.33. The fraction of sp³-hybridized carbons (Fsp3) is 0.303. The Morgan fingerprint density at radius 1 is 1.02 bits per heavy atom. The van der Waals surface area contributed by atoms with Gasteiger partial charge in [-0.05, 0) is 73.7 Å². The summed E-state index contributed by atoms with van der Waals surface area (Å²) in [6, 6.07) is 23.2. The van der Waals surface area contributed by atoms with Gasteiger partial charge in [0.2, 0.25) is 0 Å². The van der Waals surface area contributed by atoms with Gasteiger partial charge in [-0.2, -0.15) is 0 Å². The summed E-state index contributed by atoms with van der Waals surface area (Å²) < 4.78 is 5.15. The van der Waals surface area contributed by atoms with E-state index in [1.807, 2.05) is 12.1 Å². The van der Waals surface area contributed by atoms with Crippen LogP contribution in [0.1, 0.15) is 62.2 Å². The summed E-state index contributed by atoms with van der Waals surface area (Å²) >= 11 is 7.73. The zero-order valence-corrected chi connectivity index (χ0v) is 25.4. The summed E-state index contributed by atoms with van der Waals surface area (Å²) in [6.07, 6.45) is 4.03. The Balaban J connectivity index is 1.19. The van der Waals surface area contributed by atoms with Gasteiger partial charge in [-0.15, -0.1) is 11.3 Å². The van der Waals surface area contributed by atoms with E-state index in [-0.39, 0.29) is 18.4 Å². The quantitative estimate of drug-likeness (QED) is 0.198. The van der Waals surface area contributed by atoms with E-state index < -0.39 is 0 Å². The first-order valence-electron chi connectivity index (χ1n) is 14.2. The van der Waals surface area contributed by atoms with Crippen molar-refractivity contribution < 1.29 is 14.3 Å². The van der Waals surface area contributed by atoms with Crippen molar-refractivity contribution in [3.63, 3.8) is 0 Å². The number of methoxy groups -OCH3 is 1. The van der Waals surface area contributed by atoms with Crippen LogP contribution in [-0.4, -0.2) is 41.4 Å². The number of fused-ring (bicyclic) bond motifs is 1. The lowest BCUT2D eigenvalue weighted by Crippen LogP contribution is -2.39. The SMILES string of the molecule is CCCN(Cc1ccccc1)[C@H]1CCc2nc(NC(=O)c3cccc(CNC(=O)c4ccc(OC)c(Cl)c4)c3)sc2C1. The second-order valence-electron chi connectivity index (χ2n) is 10.4. The van der Waals surface area contributed by atoms with Gasteiger partial charge in [-0.25, -0.2) is 4.98 Å². The minimum absolute atomic E-state index is 0.218. The van der Waals surface area contributed by atoms with E-state index in [1.54, 1.807) is 41.7 Å². The molecule has 42 heavy (non-hydrogen) atoms. The summed E-state index contributed by atoms with van der Waals surface area (Å²) in [6.45, 7) is 4.50. The molecule has 9 heteroatoms. The van der Waals surface area contributed by atoms with Crippen LogP contribution in [0, 0.1) is 0 Å². The van der Waals surface area contributed by atoms with Crippen molar-refractivity contribution >= 4 is 39.9 Å². The van der Waals surface area contributed by atoms with Gasteiger partial charge in [0.15, 0.2) is 5.13 Å². The minimum atomic E-state index is -0.262. The summed E-state index contributed by atoms with van der Waals surface area (Å²) in [5.41, 5.74) is 4.19. The molecule has 0 radical (unpaired) electrons. The number of rotatable bonds is 11. The van der Waals surface area contributed by atoms with Gasteiger partial charge < -0.3 is 10.1 Å². The average molecular weight is 603 g/mol. The highest BCUT2D eigenvalue weighted by Crippen LogP contribution is 2.32. The minimum Gasteiger partial charge on any atom is -0.495 e. The number of nitrogens with one attached hydrogen (secondary N) is 2. The highest BCUT2D eigenvalue weighted by atomic mass is 35.5. The largest absolute Gasteiger partial charge is 0.495 e. The van der Waals surface area contributed by atoms with E-state index in [4.69, 9.17) is 21.3 Å². The average Bonchev–Trinajstić information content (AvgIpc) is 3.41. The van der Waals surface area contributed by atoms with Gasteiger partial charge >= 0.3 is 0 Å². The van der Waals surface area contributed by atoms with E-state index in [0.717, 1.165) is 50.0 Å². The molecule has 3 aromatic carbocycles. The van der Waals surface area contributed by atoms with Crippen molar-refractivity contribution in [2.24, 2.45) is 0 Å². The van der Waals surface area contributed by atoms with Crippen molar-refractivity contribution in [1.82, 2.24) is 15.2 Å². The molecule has 5 rings (SSSR count). The molecule has 0 spiro atoms. The van der Waals surface area contributed by atoms with Gasteiger partial charge in [-0.3, -0.25) is 19.8 Å². The predicted octanol–water partition coefficient (Wildman–Crippen LogP) is 6.76. The van der Waals surface area contributed by atoms with Crippen molar-refractivity contribution in [3.05, 3.63) is 111 Å². The molecule has 0 fully saturated rings. The van der Waals surface area contributed by atoms with E-state index in [9.17, 15) is 9.59 Å². The van der Waals surface area contributed by atoms with Crippen molar-refractivity contribution in [3.8, 4) is 5.75 Å². The third-order valence-corrected chi connectivity index (χ3v) is 8.78. The van der Waals surface area contributed by atoms with Crippen LogP contribution in [0.4, 0.5) is 5.13 Å². The molecule has 1 atom stereocenters. The Kier molecular flexibility index (Phi) is 9.89. The Labute approximate surface area is 255 Å². The number of anilines is 1. The summed E-state index contributed by atoms with van der Waals surface area (Å²) in [7, 11) is 1.53. The van der Waals surface area contributed by atoms with Crippen molar-refractivity contribution in [2.75, 3.05) is 19.0 Å². The number of aryl methyl sites for hydroxylation is 1. The van der Waals surface area contributed by atoms with Gasteiger partial charge in [0.25, 0.3) is 11.8 Å². The Morgan fingerprint density at radius 3 is 2.57 bits per heavy atom. The molecule has 0 saturated carbocycles. The fourth-order valence-electron chi connectivity index (χ4n) is 5.30. The van der Waals surface area contributed by atoms with Crippen LogP contribution >= 0.6 is 22.9 Å². The van der Waals surface area contributed by atoms with Crippen LogP contribution in [0.2, 0.25) is 5.02 Å². The number of ether oxygens (including phenoxy) is 1. The molecule has 1 heterocycles. The molecule has 0 aliphatic heterocycles. The number of carbonyl (C=O) groups excluding carboxylic acids is 2. The Bertz CT molecular complexity index is 1540. The van der Waals surface area contributed by atoms with Crippen LogP contribution in [0.25, 0.3) is 0 Å². The zero-order chi connectivity index (χ0) is 29.5. The number of benzene rings is 3. The molecular formula is C33H35ClN4O3S. The molecule has 0 unspecified atom stereocenters. The second kappa shape index (κ2) is 14.0. The fourth-order valence-corrected chi connectivity index (χ4v) is 6.63. The molecule has 1 aliphatic carbocycles. The first-order chi connectivity index (χ1) is 20.4. The maximum Gasteiger partial charge on any atom is 0.257 e. The molecule has 218 valence electrons. The number of halogens is 1. The molecule has 2 amide bonds. The Hall–Kier alpha value is -3.72. The van der Waals surface area contributed by atoms with Gasteiger partial charge in [0.1, 0.15) is 5.75 Å². The number of carbonyl (C=O) groups is 2. The zero-order valence-electron chi connectivity index (χ0n) is 23.9. The van der Waals surface area contributed by atoms with E-state index in [1.165, 1.54) is 17.6 Å². The number of nitrogens with zero attached hydrogens (tertiary/aromatic N) is 2. The van der Waals surface area contributed by atoms with Crippen LogP contribution in [0.3, 0.4) is 0 Å². The van der Waals surface area contributed by atoms with Crippen LogP contribution < -0.4 is 15.4 Å². The normalized spacial score (nSPS) is 14.3. The molecule has 4 aromatic rings. The third-order valence-electron chi connectivity index (χ3n) is 7.45. The van der Waals surface area contributed by atoms with Crippen LogP contribution in [0.15, 0.2) is 72.8 Å². The monoisotopic (exact) mass is 602 g/mol. The molecule has 1 aliphatic rings. The molecule has 0 bridgehead atoms. The van der Waals surface area contributed by atoms with Gasteiger partial charge in [0.05, 0.1) is 17.8 Å². The third kappa shape index (κ3) is 7.37. The number of hydrogen-bond donors (Lipinski definition) is 2. The number of hydrogen-bond acceptors (Lipinski definition) is 6. The van der Waals surface area contributed by atoms with E-state index in [0.29, 0.717) is 33.1 Å². The number of aromatic nitrogens is 1. The summed E-state index contributed by atoms with van der Waals surface area (Å²) in [5, 5.41) is 6.88. The lowest BCUT2D eigenvalue weighted by atomic mass is 9.95. The van der Waals surface area contributed by atoms with Gasteiger partial charge in [0, 0.05) is 35.1 Å². The van der Waals surface area contributed by atoms with Gasteiger partial charge in [-0.1, -0.05) is 61.0 Å². The second-order valence-corrected chi connectivity index (χ2v) is 11.9. The molecule has 1 aromatic heterocycles. The molecular weight excluding hydrogens is 568 g/mol. The topological polar surface area (TPSA) is 83.6 Å². The van der Waals surface area contributed by atoms with Crippen molar-refractivity contribution in [2.45, 2.75) is 51.7 Å².